The van der Waals surface area contributed by atoms with Gasteiger partial charge in [-0.05, 0) is 27.7 Å². The first-order valence-corrected chi connectivity index (χ1v) is 6.87. The van der Waals surface area contributed by atoms with Gasteiger partial charge in [0.1, 0.15) is 0 Å². The molecule has 0 amide bonds. The van der Waals surface area contributed by atoms with E-state index in [0.717, 1.165) is 22.3 Å². The predicted octanol–water partition coefficient (Wildman–Crippen LogP) is 2.70. The second-order valence-electron chi connectivity index (χ2n) is 4.87. The lowest BCUT2D eigenvalue weighted by atomic mass is 9.71. The SMILES string of the molecule is OB(O)c1c(-c2ccccc2)cccc1-c1ccccc1. The van der Waals surface area contributed by atoms with Crippen molar-refractivity contribution in [3.05, 3.63) is 78.9 Å². The van der Waals surface area contributed by atoms with Gasteiger partial charge in [0.2, 0.25) is 0 Å². The van der Waals surface area contributed by atoms with E-state index in [1.807, 2.05) is 78.9 Å². The maximum Gasteiger partial charge on any atom is 0.489 e. The molecule has 0 aliphatic carbocycles. The van der Waals surface area contributed by atoms with Gasteiger partial charge in [0.25, 0.3) is 0 Å². The summed E-state index contributed by atoms with van der Waals surface area (Å²) in [5.74, 6) is 0. The Hall–Kier alpha value is -2.36. The molecular weight excluding hydrogens is 259 g/mol. The lowest BCUT2D eigenvalue weighted by Crippen LogP contribution is -2.33. The number of benzene rings is 3. The summed E-state index contributed by atoms with van der Waals surface area (Å²) in [4.78, 5) is 0. The number of rotatable bonds is 3. The Balaban J connectivity index is 2.24. The van der Waals surface area contributed by atoms with Crippen LogP contribution in [0.1, 0.15) is 0 Å². The van der Waals surface area contributed by atoms with Crippen LogP contribution in [0.4, 0.5) is 0 Å². The molecule has 0 radical (unpaired) electrons. The molecule has 3 aromatic carbocycles. The second kappa shape index (κ2) is 5.96. The molecule has 3 rings (SSSR count). The van der Waals surface area contributed by atoms with Gasteiger partial charge in [0.15, 0.2) is 0 Å². The molecular formula is C18H15BO2. The van der Waals surface area contributed by atoms with E-state index in [1.165, 1.54) is 0 Å². The molecule has 0 aliphatic heterocycles. The summed E-state index contributed by atoms with van der Waals surface area (Å²) in [6.45, 7) is 0. The summed E-state index contributed by atoms with van der Waals surface area (Å²) in [6.07, 6.45) is 0. The first-order chi connectivity index (χ1) is 10.3. The molecule has 2 nitrogen and oxygen atoms in total. The quantitative estimate of drug-likeness (QED) is 0.721. The van der Waals surface area contributed by atoms with E-state index in [-0.39, 0.29) is 0 Å². The number of hydrogen-bond donors (Lipinski definition) is 2. The molecule has 0 spiro atoms. The molecule has 0 fully saturated rings. The van der Waals surface area contributed by atoms with E-state index in [1.54, 1.807) is 0 Å². The van der Waals surface area contributed by atoms with Crippen LogP contribution < -0.4 is 5.46 Å². The highest BCUT2D eigenvalue weighted by molar-refractivity contribution is 6.62. The van der Waals surface area contributed by atoms with Gasteiger partial charge in [-0.3, -0.25) is 0 Å². The molecule has 3 aromatic rings. The predicted molar refractivity (Wildman–Crippen MR) is 87.1 cm³/mol. The summed E-state index contributed by atoms with van der Waals surface area (Å²) >= 11 is 0. The van der Waals surface area contributed by atoms with Crippen LogP contribution in [0.25, 0.3) is 22.3 Å². The zero-order chi connectivity index (χ0) is 14.7. The summed E-state index contributed by atoms with van der Waals surface area (Å²) < 4.78 is 0. The van der Waals surface area contributed by atoms with E-state index in [4.69, 9.17) is 0 Å². The van der Waals surface area contributed by atoms with Crippen molar-refractivity contribution < 1.29 is 10.0 Å². The van der Waals surface area contributed by atoms with Crippen LogP contribution in [0, 0.1) is 0 Å². The minimum Gasteiger partial charge on any atom is -0.423 e. The van der Waals surface area contributed by atoms with Gasteiger partial charge < -0.3 is 10.0 Å². The van der Waals surface area contributed by atoms with Gasteiger partial charge >= 0.3 is 7.12 Å². The molecule has 0 atom stereocenters. The van der Waals surface area contributed by atoms with Crippen LogP contribution in [0.3, 0.4) is 0 Å². The highest BCUT2D eigenvalue weighted by Crippen LogP contribution is 2.24. The van der Waals surface area contributed by atoms with Crippen LogP contribution in [0.2, 0.25) is 0 Å². The van der Waals surface area contributed by atoms with E-state index in [0.29, 0.717) is 5.46 Å². The molecule has 102 valence electrons. The van der Waals surface area contributed by atoms with Gasteiger partial charge in [-0.2, -0.15) is 0 Å². The Morgan fingerprint density at radius 2 is 0.952 bits per heavy atom. The minimum absolute atomic E-state index is 0.537. The maximum absolute atomic E-state index is 9.86. The highest BCUT2D eigenvalue weighted by Gasteiger charge is 2.21. The highest BCUT2D eigenvalue weighted by atomic mass is 16.4. The lowest BCUT2D eigenvalue weighted by Gasteiger charge is -2.15. The van der Waals surface area contributed by atoms with E-state index >= 15 is 0 Å². The van der Waals surface area contributed by atoms with Crippen LogP contribution in [-0.4, -0.2) is 17.2 Å². The molecule has 0 heterocycles. The van der Waals surface area contributed by atoms with E-state index < -0.39 is 7.12 Å². The third-order valence-electron chi connectivity index (χ3n) is 3.53. The Bertz CT molecular complexity index is 667. The van der Waals surface area contributed by atoms with Gasteiger partial charge in [-0.15, -0.1) is 0 Å². The van der Waals surface area contributed by atoms with E-state index in [2.05, 4.69) is 0 Å². The summed E-state index contributed by atoms with van der Waals surface area (Å²) in [7, 11) is -1.52. The van der Waals surface area contributed by atoms with Gasteiger partial charge in [-0.1, -0.05) is 78.9 Å². The average molecular weight is 274 g/mol. The zero-order valence-electron chi connectivity index (χ0n) is 11.5. The van der Waals surface area contributed by atoms with Crippen molar-refractivity contribution >= 4 is 12.6 Å². The van der Waals surface area contributed by atoms with Crippen molar-refractivity contribution in [3.8, 4) is 22.3 Å². The molecule has 21 heavy (non-hydrogen) atoms. The molecule has 0 unspecified atom stereocenters. The largest absolute Gasteiger partial charge is 0.489 e. The monoisotopic (exact) mass is 274 g/mol. The second-order valence-corrected chi connectivity index (χ2v) is 4.87. The van der Waals surface area contributed by atoms with Crippen molar-refractivity contribution in [1.82, 2.24) is 0 Å². The minimum atomic E-state index is -1.52. The summed E-state index contributed by atoms with van der Waals surface area (Å²) in [5, 5.41) is 19.7. The van der Waals surface area contributed by atoms with Crippen molar-refractivity contribution in [3.63, 3.8) is 0 Å². The normalized spacial score (nSPS) is 10.4. The van der Waals surface area contributed by atoms with Crippen molar-refractivity contribution in [2.45, 2.75) is 0 Å². The van der Waals surface area contributed by atoms with Crippen LogP contribution in [0.15, 0.2) is 78.9 Å². The molecule has 3 heteroatoms. The first kappa shape index (κ1) is 13.6. The first-order valence-electron chi connectivity index (χ1n) is 6.87. The Morgan fingerprint density at radius 3 is 1.33 bits per heavy atom. The van der Waals surface area contributed by atoms with Crippen molar-refractivity contribution in [2.75, 3.05) is 0 Å². The van der Waals surface area contributed by atoms with Crippen LogP contribution in [0.5, 0.6) is 0 Å². The average Bonchev–Trinajstić information content (AvgIpc) is 2.55. The third-order valence-corrected chi connectivity index (χ3v) is 3.53. The third kappa shape index (κ3) is 2.75. The zero-order valence-corrected chi connectivity index (χ0v) is 11.5. The van der Waals surface area contributed by atoms with Gasteiger partial charge in [0.05, 0.1) is 0 Å². The van der Waals surface area contributed by atoms with Crippen molar-refractivity contribution in [2.24, 2.45) is 0 Å². The standard InChI is InChI=1S/C18H15BO2/c20-19(21)18-16(14-8-3-1-4-9-14)12-7-13-17(18)15-10-5-2-6-11-15/h1-13,20-21H. The Morgan fingerprint density at radius 1 is 0.524 bits per heavy atom. The Kier molecular flexibility index (Phi) is 3.86. The van der Waals surface area contributed by atoms with Gasteiger partial charge in [0, 0.05) is 0 Å². The Labute approximate surface area is 124 Å². The molecule has 0 aliphatic rings. The molecule has 0 saturated carbocycles. The lowest BCUT2D eigenvalue weighted by molar-refractivity contribution is 0.426. The molecule has 0 saturated heterocycles. The molecule has 0 bridgehead atoms. The smallest absolute Gasteiger partial charge is 0.423 e. The fraction of sp³-hybridized carbons (Fsp3) is 0. The van der Waals surface area contributed by atoms with Crippen LogP contribution in [-0.2, 0) is 0 Å². The topological polar surface area (TPSA) is 40.5 Å². The number of hydrogen-bond acceptors (Lipinski definition) is 2. The summed E-state index contributed by atoms with van der Waals surface area (Å²) in [5.41, 5.74) is 4.16. The van der Waals surface area contributed by atoms with Gasteiger partial charge in [-0.25, -0.2) is 0 Å². The fourth-order valence-electron chi connectivity index (χ4n) is 2.58. The van der Waals surface area contributed by atoms with Crippen LogP contribution >= 0.6 is 0 Å². The summed E-state index contributed by atoms with van der Waals surface area (Å²) in [6, 6.07) is 25.3. The van der Waals surface area contributed by atoms with Crippen molar-refractivity contribution in [1.29, 1.82) is 0 Å². The molecule has 0 aromatic heterocycles. The molecule has 2 N–H and O–H groups in total. The maximum atomic E-state index is 9.86. The fourth-order valence-corrected chi connectivity index (χ4v) is 2.58. The van der Waals surface area contributed by atoms with E-state index in [9.17, 15) is 10.0 Å².